The van der Waals surface area contributed by atoms with E-state index in [1.165, 1.54) is 38.8 Å². The van der Waals surface area contributed by atoms with E-state index in [0.717, 1.165) is 18.6 Å². The molecule has 0 aromatic rings. The van der Waals surface area contributed by atoms with E-state index in [-0.39, 0.29) is 0 Å². The van der Waals surface area contributed by atoms with E-state index < -0.39 is 0 Å². The number of hydrogen-bond acceptors (Lipinski definition) is 2. The molecule has 1 atom stereocenters. The van der Waals surface area contributed by atoms with Crippen LogP contribution in [0.25, 0.3) is 0 Å². The molecule has 1 aliphatic heterocycles. The second-order valence-corrected chi connectivity index (χ2v) is 5.12. The predicted octanol–water partition coefficient (Wildman–Crippen LogP) is 2.29. The highest BCUT2D eigenvalue weighted by molar-refractivity contribution is 4.85. The van der Waals surface area contributed by atoms with Crippen molar-refractivity contribution in [3.05, 3.63) is 0 Å². The summed E-state index contributed by atoms with van der Waals surface area (Å²) in [7, 11) is 0. The van der Waals surface area contributed by atoms with Crippen LogP contribution in [0.1, 0.15) is 39.5 Å². The minimum atomic E-state index is 0.387. The summed E-state index contributed by atoms with van der Waals surface area (Å²) in [5.74, 6) is 1.02. The first-order chi connectivity index (χ1) is 6.75. The topological polar surface area (TPSA) is 12.5 Å². The Labute approximate surface area is 87.6 Å². The number of rotatable bonds is 5. The number of ether oxygens (including phenoxy) is 1. The van der Waals surface area contributed by atoms with Crippen LogP contribution in [0.4, 0.5) is 0 Å². The second kappa shape index (κ2) is 4.63. The van der Waals surface area contributed by atoms with Crippen molar-refractivity contribution in [2.45, 2.75) is 51.7 Å². The Morgan fingerprint density at radius 3 is 2.71 bits per heavy atom. The zero-order valence-corrected chi connectivity index (χ0v) is 9.54. The van der Waals surface area contributed by atoms with E-state index in [4.69, 9.17) is 4.74 Å². The first-order valence-electron chi connectivity index (χ1n) is 6.11. The SMILES string of the molecule is CC(C)OCC1CCCN1CC1CC1. The number of nitrogens with zero attached hydrogens (tertiary/aromatic N) is 1. The average molecular weight is 197 g/mol. The largest absolute Gasteiger partial charge is 0.377 e. The van der Waals surface area contributed by atoms with Crippen molar-refractivity contribution in [3.63, 3.8) is 0 Å². The van der Waals surface area contributed by atoms with Gasteiger partial charge in [0.25, 0.3) is 0 Å². The Kier molecular flexibility index (Phi) is 3.45. The summed E-state index contributed by atoms with van der Waals surface area (Å²) in [5, 5.41) is 0. The van der Waals surface area contributed by atoms with Crippen LogP contribution in [0.3, 0.4) is 0 Å². The van der Waals surface area contributed by atoms with Crippen molar-refractivity contribution >= 4 is 0 Å². The molecule has 82 valence electrons. The normalized spacial score (nSPS) is 28.9. The van der Waals surface area contributed by atoms with Crippen LogP contribution in [-0.4, -0.2) is 36.7 Å². The molecule has 1 aliphatic carbocycles. The second-order valence-electron chi connectivity index (χ2n) is 5.12. The van der Waals surface area contributed by atoms with E-state index in [9.17, 15) is 0 Å². The fourth-order valence-corrected chi connectivity index (χ4v) is 2.26. The van der Waals surface area contributed by atoms with Crippen LogP contribution in [0, 0.1) is 5.92 Å². The lowest BCUT2D eigenvalue weighted by Gasteiger charge is -2.24. The molecular formula is C12H23NO. The molecule has 0 aromatic carbocycles. The first-order valence-corrected chi connectivity index (χ1v) is 6.11. The molecule has 1 saturated heterocycles. The molecule has 0 spiro atoms. The van der Waals surface area contributed by atoms with Gasteiger partial charge in [-0.1, -0.05) is 0 Å². The Bertz CT molecular complexity index is 177. The molecule has 0 radical (unpaired) electrons. The molecule has 2 nitrogen and oxygen atoms in total. The van der Waals surface area contributed by atoms with Crippen LogP contribution in [0.5, 0.6) is 0 Å². The van der Waals surface area contributed by atoms with Crippen molar-refractivity contribution in [1.82, 2.24) is 4.90 Å². The van der Waals surface area contributed by atoms with Crippen molar-refractivity contribution in [2.75, 3.05) is 19.7 Å². The summed E-state index contributed by atoms with van der Waals surface area (Å²) in [6.07, 6.45) is 6.04. The van der Waals surface area contributed by atoms with Crippen LogP contribution < -0.4 is 0 Å². The Hall–Kier alpha value is -0.0800. The lowest BCUT2D eigenvalue weighted by Crippen LogP contribution is -2.35. The first kappa shape index (κ1) is 10.4. The standard InChI is InChI=1S/C12H23NO/c1-10(2)14-9-12-4-3-7-13(12)8-11-5-6-11/h10-12H,3-9H2,1-2H3. The molecular weight excluding hydrogens is 174 g/mol. The molecule has 2 heteroatoms. The molecule has 0 bridgehead atoms. The third-order valence-electron chi connectivity index (χ3n) is 3.31. The monoisotopic (exact) mass is 197 g/mol. The van der Waals surface area contributed by atoms with E-state index in [1.807, 2.05) is 0 Å². The summed E-state index contributed by atoms with van der Waals surface area (Å²) in [6, 6.07) is 0.720. The lowest BCUT2D eigenvalue weighted by atomic mass is 10.2. The fraction of sp³-hybridized carbons (Fsp3) is 1.00. The van der Waals surface area contributed by atoms with E-state index in [0.29, 0.717) is 6.10 Å². The zero-order chi connectivity index (χ0) is 9.97. The van der Waals surface area contributed by atoms with Gasteiger partial charge in [0, 0.05) is 12.6 Å². The minimum Gasteiger partial charge on any atom is -0.377 e. The Balaban J connectivity index is 1.71. The van der Waals surface area contributed by atoms with Crippen molar-refractivity contribution in [2.24, 2.45) is 5.92 Å². The molecule has 0 N–H and O–H groups in total. The molecule has 0 amide bonds. The summed E-state index contributed by atoms with van der Waals surface area (Å²) in [6.45, 7) is 7.85. The maximum atomic E-state index is 5.72. The van der Waals surface area contributed by atoms with Gasteiger partial charge in [-0.15, -0.1) is 0 Å². The zero-order valence-electron chi connectivity index (χ0n) is 9.54. The van der Waals surface area contributed by atoms with Gasteiger partial charge in [0.05, 0.1) is 12.7 Å². The van der Waals surface area contributed by atoms with Crippen LogP contribution in [-0.2, 0) is 4.74 Å². The Morgan fingerprint density at radius 2 is 2.07 bits per heavy atom. The summed E-state index contributed by atoms with van der Waals surface area (Å²) >= 11 is 0. The van der Waals surface area contributed by atoms with Gasteiger partial charge >= 0.3 is 0 Å². The smallest absolute Gasteiger partial charge is 0.0625 e. The lowest BCUT2D eigenvalue weighted by molar-refractivity contribution is 0.0363. The van der Waals surface area contributed by atoms with Gasteiger partial charge in [-0.05, 0) is 52.0 Å². The van der Waals surface area contributed by atoms with Gasteiger partial charge in [0.2, 0.25) is 0 Å². The molecule has 1 heterocycles. The van der Waals surface area contributed by atoms with Gasteiger partial charge in [0.15, 0.2) is 0 Å². The highest BCUT2D eigenvalue weighted by Crippen LogP contribution is 2.32. The molecule has 1 unspecified atom stereocenters. The minimum absolute atomic E-state index is 0.387. The van der Waals surface area contributed by atoms with Crippen molar-refractivity contribution < 1.29 is 4.74 Å². The quantitative estimate of drug-likeness (QED) is 0.670. The van der Waals surface area contributed by atoms with Gasteiger partial charge in [-0.3, -0.25) is 4.90 Å². The average Bonchev–Trinajstić information content (AvgIpc) is 2.81. The van der Waals surface area contributed by atoms with Crippen LogP contribution in [0.2, 0.25) is 0 Å². The number of hydrogen-bond donors (Lipinski definition) is 0. The van der Waals surface area contributed by atoms with Crippen molar-refractivity contribution in [3.8, 4) is 0 Å². The van der Waals surface area contributed by atoms with E-state index in [2.05, 4.69) is 18.7 Å². The molecule has 0 aromatic heterocycles. The molecule has 2 fully saturated rings. The Morgan fingerprint density at radius 1 is 1.29 bits per heavy atom. The highest BCUT2D eigenvalue weighted by atomic mass is 16.5. The summed E-state index contributed by atoms with van der Waals surface area (Å²) in [5.41, 5.74) is 0. The summed E-state index contributed by atoms with van der Waals surface area (Å²) in [4.78, 5) is 2.65. The van der Waals surface area contributed by atoms with E-state index >= 15 is 0 Å². The van der Waals surface area contributed by atoms with Gasteiger partial charge in [0.1, 0.15) is 0 Å². The molecule has 14 heavy (non-hydrogen) atoms. The van der Waals surface area contributed by atoms with Gasteiger partial charge in [-0.2, -0.15) is 0 Å². The maximum absolute atomic E-state index is 5.72. The molecule has 1 saturated carbocycles. The third-order valence-corrected chi connectivity index (χ3v) is 3.31. The van der Waals surface area contributed by atoms with Crippen molar-refractivity contribution in [1.29, 1.82) is 0 Å². The number of likely N-dealkylation sites (tertiary alicyclic amines) is 1. The van der Waals surface area contributed by atoms with Gasteiger partial charge < -0.3 is 4.74 Å². The van der Waals surface area contributed by atoms with Crippen LogP contribution >= 0.6 is 0 Å². The highest BCUT2D eigenvalue weighted by Gasteiger charge is 2.30. The van der Waals surface area contributed by atoms with E-state index in [1.54, 1.807) is 0 Å². The third kappa shape index (κ3) is 2.96. The molecule has 2 rings (SSSR count). The van der Waals surface area contributed by atoms with Gasteiger partial charge in [-0.25, -0.2) is 0 Å². The van der Waals surface area contributed by atoms with Crippen LogP contribution in [0.15, 0.2) is 0 Å². The fourth-order valence-electron chi connectivity index (χ4n) is 2.26. The molecule has 2 aliphatic rings. The maximum Gasteiger partial charge on any atom is 0.0625 e. The summed E-state index contributed by atoms with van der Waals surface area (Å²) < 4.78 is 5.72. The predicted molar refractivity (Wildman–Crippen MR) is 58.4 cm³/mol.